The van der Waals surface area contributed by atoms with Crippen molar-refractivity contribution in [2.45, 2.75) is 37.1 Å². The molecular formula is C13H16N6O2S. The van der Waals surface area contributed by atoms with Crippen molar-refractivity contribution in [2.24, 2.45) is 0 Å². The van der Waals surface area contributed by atoms with Crippen LogP contribution in [0.2, 0.25) is 0 Å². The number of hydrogen-bond donors (Lipinski definition) is 1. The van der Waals surface area contributed by atoms with E-state index in [0.29, 0.717) is 28.4 Å². The smallest absolute Gasteiger partial charge is 0.237 e. The third-order valence-corrected chi connectivity index (χ3v) is 3.92. The van der Waals surface area contributed by atoms with E-state index in [4.69, 9.17) is 14.8 Å². The van der Waals surface area contributed by atoms with Gasteiger partial charge in [-0.05, 0) is 18.6 Å². The van der Waals surface area contributed by atoms with Gasteiger partial charge in [-0.3, -0.25) is 0 Å². The Morgan fingerprint density at radius 3 is 3.05 bits per heavy atom. The Hall–Kier alpha value is -2.29. The van der Waals surface area contributed by atoms with Gasteiger partial charge in [-0.2, -0.15) is 4.98 Å². The van der Waals surface area contributed by atoms with E-state index in [-0.39, 0.29) is 0 Å². The zero-order valence-corrected chi connectivity index (χ0v) is 12.9. The second-order valence-electron chi connectivity index (χ2n) is 4.65. The Bertz CT molecular complexity index is 721. The molecule has 9 heteroatoms. The van der Waals surface area contributed by atoms with Crippen LogP contribution in [0.3, 0.4) is 0 Å². The summed E-state index contributed by atoms with van der Waals surface area (Å²) in [7, 11) is 0. The number of thioether (sulfide) groups is 1. The third kappa shape index (κ3) is 3.14. The number of rotatable bonds is 7. The number of hydrogen-bond acceptors (Lipinski definition) is 8. The van der Waals surface area contributed by atoms with E-state index >= 15 is 0 Å². The molecule has 0 amide bonds. The van der Waals surface area contributed by atoms with E-state index < -0.39 is 0 Å². The fourth-order valence-corrected chi connectivity index (χ4v) is 2.55. The molecule has 3 aromatic rings. The number of nitrogens with zero attached hydrogens (tertiary/aromatic N) is 5. The first-order chi connectivity index (χ1) is 10.8. The highest BCUT2D eigenvalue weighted by Gasteiger charge is 2.15. The predicted octanol–water partition coefficient (Wildman–Crippen LogP) is 2.27. The largest absolute Gasteiger partial charge is 0.461 e. The molecule has 3 rings (SSSR count). The fraction of sp³-hybridized carbons (Fsp3) is 0.385. The summed E-state index contributed by atoms with van der Waals surface area (Å²) in [5, 5.41) is 12.6. The molecule has 0 bridgehead atoms. The lowest BCUT2D eigenvalue weighted by atomic mass is 10.2. The summed E-state index contributed by atoms with van der Waals surface area (Å²) in [5.74, 6) is 8.80. The van der Waals surface area contributed by atoms with Crippen molar-refractivity contribution < 1.29 is 8.94 Å². The van der Waals surface area contributed by atoms with E-state index in [1.54, 1.807) is 18.4 Å². The van der Waals surface area contributed by atoms with Crippen LogP contribution >= 0.6 is 11.8 Å². The van der Waals surface area contributed by atoms with Gasteiger partial charge in [0, 0.05) is 6.42 Å². The molecule has 116 valence electrons. The van der Waals surface area contributed by atoms with Crippen molar-refractivity contribution in [1.82, 2.24) is 25.0 Å². The zero-order chi connectivity index (χ0) is 15.4. The van der Waals surface area contributed by atoms with Crippen molar-refractivity contribution in [2.75, 3.05) is 5.84 Å². The molecule has 0 atom stereocenters. The van der Waals surface area contributed by atoms with Gasteiger partial charge in [0.15, 0.2) is 11.6 Å². The van der Waals surface area contributed by atoms with Crippen LogP contribution in [0, 0.1) is 0 Å². The van der Waals surface area contributed by atoms with Crippen molar-refractivity contribution >= 4 is 11.8 Å². The Labute approximate surface area is 131 Å². The summed E-state index contributed by atoms with van der Waals surface area (Å²) < 4.78 is 11.9. The maximum absolute atomic E-state index is 5.97. The molecule has 8 nitrogen and oxygen atoms in total. The second-order valence-corrected chi connectivity index (χ2v) is 5.59. The lowest BCUT2D eigenvalue weighted by Gasteiger charge is -1.99. The van der Waals surface area contributed by atoms with Crippen LogP contribution in [0.4, 0.5) is 0 Å². The Morgan fingerprint density at radius 1 is 1.36 bits per heavy atom. The first kappa shape index (κ1) is 14.6. The molecule has 0 saturated carbocycles. The lowest BCUT2D eigenvalue weighted by Crippen LogP contribution is -2.11. The SMILES string of the molecule is CCCCc1noc(CSc2nnc(-c3ccco3)n2N)n1. The first-order valence-corrected chi connectivity index (χ1v) is 7.95. The Balaban J connectivity index is 1.63. The van der Waals surface area contributed by atoms with E-state index in [2.05, 4.69) is 27.3 Å². The number of nitrogen functional groups attached to an aromatic ring is 1. The molecule has 0 aromatic carbocycles. The van der Waals surface area contributed by atoms with Crippen LogP contribution in [-0.4, -0.2) is 25.0 Å². The van der Waals surface area contributed by atoms with Crippen LogP contribution in [0.15, 0.2) is 32.5 Å². The fourth-order valence-electron chi connectivity index (χ4n) is 1.86. The van der Waals surface area contributed by atoms with Crippen LogP contribution in [0.5, 0.6) is 0 Å². The normalized spacial score (nSPS) is 11.1. The summed E-state index contributed by atoms with van der Waals surface area (Å²) in [5.41, 5.74) is 0. The van der Waals surface area contributed by atoms with E-state index in [1.165, 1.54) is 16.4 Å². The van der Waals surface area contributed by atoms with E-state index in [9.17, 15) is 0 Å². The minimum Gasteiger partial charge on any atom is -0.461 e. The van der Waals surface area contributed by atoms with Gasteiger partial charge in [0.2, 0.25) is 16.9 Å². The molecule has 22 heavy (non-hydrogen) atoms. The van der Waals surface area contributed by atoms with Gasteiger partial charge in [-0.1, -0.05) is 30.3 Å². The molecular weight excluding hydrogens is 304 g/mol. The number of aryl methyl sites for hydroxylation is 1. The summed E-state index contributed by atoms with van der Waals surface area (Å²) in [6.07, 6.45) is 4.55. The average Bonchev–Trinajstić information content (AvgIpc) is 3.24. The monoisotopic (exact) mass is 320 g/mol. The molecule has 3 aromatic heterocycles. The van der Waals surface area contributed by atoms with Gasteiger partial charge >= 0.3 is 0 Å². The Kier molecular flexibility index (Phi) is 4.42. The molecule has 0 saturated heterocycles. The summed E-state index contributed by atoms with van der Waals surface area (Å²) in [4.78, 5) is 4.33. The summed E-state index contributed by atoms with van der Waals surface area (Å²) >= 11 is 1.38. The van der Waals surface area contributed by atoms with Crippen LogP contribution in [-0.2, 0) is 12.2 Å². The molecule has 0 aliphatic carbocycles. The van der Waals surface area contributed by atoms with Crippen molar-refractivity contribution in [3.63, 3.8) is 0 Å². The van der Waals surface area contributed by atoms with Gasteiger partial charge in [0.25, 0.3) is 0 Å². The number of furan rings is 1. The third-order valence-electron chi connectivity index (χ3n) is 2.99. The summed E-state index contributed by atoms with van der Waals surface area (Å²) in [6.45, 7) is 2.13. The quantitative estimate of drug-likeness (QED) is 0.521. The maximum atomic E-state index is 5.97. The van der Waals surface area contributed by atoms with Crippen LogP contribution < -0.4 is 5.84 Å². The highest BCUT2D eigenvalue weighted by atomic mass is 32.2. The molecule has 0 aliphatic rings. The van der Waals surface area contributed by atoms with Crippen LogP contribution in [0.25, 0.3) is 11.6 Å². The van der Waals surface area contributed by atoms with E-state index in [1.807, 2.05) is 0 Å². The number of aromatic nitrogens is 5. The van der Waals surface area contributed by atoms with Crippen molar-refractivity contribution in [1.29, 1.82) is 0 Å². The molecule has 0 fully saturated rings. The lowest BCUT2D eigenvalue weighted by molar-refractivity contribution is 0.384. The van der Waals surface area contributed by atoms with Crippen molar-refractivity contribution in [3.8, 4) is 11.6 Å². The van der Waals surface area contributed by atoms with Gasteiger partial charge in [-0.25, -0.2) is 4.68 Å². The molecule has 0 radical (unpaired) electrons. The van der Waals surface area contributed by atoms with Crippen molar-refractivity contribution in [3.05, 3.63) is 30.1 Å². The van der Waals surface area contributed by atoms with Gasteiger partial charge in [0.05, 0.1) is 12.0 Å². The maximum Gasteiger partial charge on any atom is 0.237 e. The first-order valence-electron chi connectivity index (χ1n) is 6.96. The molecule has 0 aliphatic heterocycles. The number of unbranched alkanes of at least 4 members (excludes halogenated alkanes) is 1. The minimum absolute atomic E-state index is 0.474. The molecule has 2 N–H and O–H groups in total. The average molecular weight is 320 g/mol. The van der Waals surface area contributed by atoms with E-state index in [0.717, 1.165) is 25.1 Å². The number of nitrogens with two attached hydrogens (primary N) is 1. The topological polar surface area (TPSA) is 109 Å². The highest BCUT2D eigenvalue weighted by molar-refractivity contribution is 7.98. The van der Waals surface area contributed by atoms with Gasteiger partial charge in [0.1, 0.15) is 0 Å². The highest BCUT2D eigenvalue weighted by Crippen LogP contribution is 2.24. The molecule has 0 unspecified atom stereocenters. The molecule has 0 spiro atoms. The van der Waals surface area contributed by atoms with Crippen LogP contribution in [0.1, 0.15) is 31.5 Å². The standard InChI is InChI=1S/C13H16N6O2S/c1-2-3-6-10-15-11(21-18-10)8-22-13-17-16-12(19(13)14)9-5-4-7-20-9/h4-5,7H,2-3,6,8,14H2,1H3. The Morgan fingerprint density at radius 2 is 2.27 bits per heavy atom. The minimum atomic E-state index is 0.474. The summed E-state index contributed by atoms with van der Waals surface area (Å²) in [6, 6.07) is 3.55. The second kappa shape index (κ2) is 6.65. The predicted molar refractivity (Wildman–Crippen MR) is 80.3 cm³/mol. The van der Waals surface area contributed by atoms with Gasteiger partial charge in [-0.15, -0.1) is 10.2 Å². The molecule has 3 heterocycles. The zero-order valence-electron chi connectivity index (χ0n) is 12.1. The van der Waals surface area contributed by atoms with Gasteiger partial charge < -0.3 is 14.8 Å².